The SMILES string of the molecule is C[Si](OCCC1=CC2CCC1C2)(c1ccccc1)c1ccccc1. The fourth-order valence-electron chi connectivity index (χ4n) is 4.45. The Kier molecular flexibility index (Phi) is 4.42. The molecule has 2 aromatic carbocycles. The minimum Gasteiger partial charge on any atom is -0.408 e. The molecule has 1 fully saturated rings. The molecule has 2 atom stereocenters. The van der Waals surface area contributed by atoms with Crippen molar-refractivity contribution in [2.45, 2.75) is 32.2 Å². The number of allylic oxidation sites excluding steroid dienone is 1. The molecule has 0 spiro atoms. The van der Waals surface area contributed by atoms with Gasteiger partial charge in [0.05, 0.1) is 0 Å². The van der Waals surface area contributed by atoms with Crippen molar-refractivity contribution in [3.8, 4) is 0 Å². The number of hydrogen-bond acceptors (Lipinski definition) is 1. The zero-order chi connectivity index (χ0) is 16.4. The van der Waals surface area contributed by atoms with Crippen LogP contribution in [-0.2, 0) is 4.43 Å². The van der Waals surface area contributed by atoms with Gasteiger partial charge in [-0.05, 0) is 54.4 Å². The van der Waals surface area contributed by atoms with Crippen LogP contribution in [0.4, 0.5) is 0 Å². The van der Waals surface area contributed by atoms with Gasteiger partial charge in [-0.25, -0.2) is 0 Å². The Hall–Kier alpha value is -1.64. The summed E-state index contributed by atoms with van der Waals surface area (Å²) in [6, 6.07) is 21.6. The van der Waals surface area contributed by atoms with Gasteiger partial charge in [-0.1, -0.05) is 72.3 Å². The first-order valence-corrected chi connectivity index (χ1v) is 11.6. The molecule has 2 aliphatic rings. The second-order valence-electron chi connectivity index (χ2n) is 7.38. The minimum absolute atomic E-state index is 0.849. The first kappa shape index (κ1) is 15.9. The van der Waals surface area contributed by atoms with Gasteiger partial charge in [-0.2, -0.15) is 0 Å². The summed E-state index contributed by atoms with van der Waals surface area (Å²) in [5.74, 6) is 1.73. The van der Waals surface area contributed by atoms with Crippen LogP contribution in [0, 0.1) is 11.8 Å². The quantitative estimate of drug-likeness (QED) is 0.570. The largest absolute Gasteiger partial charge is 0.408 e. The van der Waals surface area contributed by atoms with Gasteiger partial charge >= 0.3 is 0 Å². The van der Waals surface area contributed by atoms with Gasteiger partial charge in [0.15, 0.2) is 0 Å². The lowest BCUT2D eigenvalue weighted by Crippen LogP contribution is -2.58. The van der Waals surface area contributed by atoms with Crippen molar-refractivity contribution in [1.29, 1.82) is 0 Å². The number of hydrogen-bond donors (Lipinski definition) is 0. The van der Waals surface area contributed by atoms with E-state index in [1.54, 1.807) is 5.57 Å². The van der Waals surface area contributed by atoms with Crippen LogP contribution in [-0.4, -0.2) is 14.9 Å². The highest BCUT2D eigenvalue weighted by molar-refractivity contribution is 6.96. The molecule has 2 unspecified atom stereocenters. The van der Waals surface area contributed by atoms with E-state index in [9.17, 15) is 0 Å². The van der Waals surface area contributed by atoms with Crippen LogP contribution in [0.1, 0.15) is 25.7 Å². The third kappa shape index (κ3) is 3.01. The van der Waals surface area contributed by atoms with Crippen molar-refractivity contribution in [2.24, 2.45) is 11.8 Å². The molecule has 2 aliphatic carbocycles. The summed E-state index contributed by atoms with van der Waals surface area (Å²) in [6.07, 6.45) is 7.88. The molecule has 1 saturated carbocycles. The molecule has 0 amide bonds. The van der Waals surface area contributed by atoms with E-state index in [4.69, 9.17) is 4.43 Å². The van der Waals surface area contributed by atoms with Gasteiger partial charge in [0.25, 0.3) is 8.32 Å². The van der Waals surface area contributed by atoms with E-state index < -0.39 is 8.32 Å². The molecule has 4 rings (SSSR count). The zero-order valence-corrected chi connectivity index (χ0v) is 15.4. The molecule has 0 aliphatic heterocycles. The van der Waals surface area contributed by atoms with E-state index in [2.05, 4.69) is 73.3 Å². The van der Waals surface area contributed by atoms with Crippen molar-refractivity contribution in [1.82, 2.24) is 0 Å². The Labute approximate surface area is 146 Å². The van der Waals surface area contributed by atoms with Crippen molar-refractivity contribution in [3.05, 3.63) is 72.3 Å². The molecule has 2 bridgehead atoms. The lowest BCUT2D eigenvalue weighted by atomic mass is 9.96. The van der Waals surface area contributed by atoms with Crippen LogP contribution < -0.4 is 10.4 Å². The summed E-state index contributed by atoms with van der Waals surface area (Å²) in [5.41, 5.74) is 1.67. The molecule has 0 aromatic heterocycles. The van der Waals surface area contributed by atoms with E-state index in [1.165, 1.54) is 29.6 Å². The molecule has 0 heterocycles. The van der Waals surface area contributed by atoms with Crippen LogP contribution in [0.15, 0.2) is 72.3 Å². The minimum atomic E-state index is -2.12. The van der Waals surface area contributed by atoms with E-state index >= 15 is 0 Å². The van der Waals surface area contributed by atoms with Crippen molar-refractivity contribution < 1.29 is 4.43 Å². The van der Waals surface area contributed by atoms with E-state index in [0.29, 0.717) is 0 Å². The van der Waals surface area contributed by atoms with E-state index in [0.717, 1.165) is 24.9 Å². The Morgan fingerprint density at radius 3 is 2.04 bits per heavy atom. The summed E-state index contributed by atoms with van der Waals surface area (Å²) in [7, 11) is -2.12. The van der Waals surface area contributed by atoms with Gasteiger partial charge in [0.1, 0.15) is 0 Å². The van der Waals surface area contributed by atoms with E-state index in [-0.39, 0.29) is 0 Å². The summed E-state index contributed by atoms with van der Waals surface area (Å²) in [5, 5.41) is 2.72. The van der Waals surface area contributed by atoms with Crippen LogP contribution in [0.5, 0.6) is 0 Å². The molecule has 24 heavy (non-hydrogen) atoms. The van der Waals surface area contributed by atoms with Gasteiger partial charge < -0.3 is 4.43 Å². The maximum absolute atomic E-state index is 6.67. The third-order valence-corrected chi connectivity index (χ3v) is 9.53. The first-order chi connectivity index (χ1) is 11.8. The van der Waals surface area contributed by atoms with Gasteiger partial charge in [-0.3, -0.25) is 0 Å². The van der Waals surface area contributed by atoms with Gasteiger partial charge in [-0.15, -0.1) is 0 Å². The highest BCUT2D eigenvalue weighted by atomic mass is 28.4. The smallest absolute Gasteiger partial charge is 0.252 e. The highest BCUT2D eigenvalue weighted by Gasteiger charge is 2.35. The lowest BCUT2D eigenvalue weighted by molar-refractivity contribution is 0.318. The van der Waals surface area contributed by atoms with E-state index in [1.807, 2.05) is 0 Å². The fraction of sp³-hybridized carbons (Fsp3) is 0.364. The maximum atomic E-state index is 6.67. The van der Waals surface area contributed by atoms with Crippen molar-refractivity contribution in [3.63, 3.8) is 0 Å². The second kappa shape index (κ2) is 6.70. The summed E-state index contributed by atoms with van der Waals surface area (Å²) >= 11 is 0. The monoisotopic (exact) mass is 334 g/mol. The Balaban J connectivity index is 1.52. The molecular weight excluding hydrogens is 308 g/mol. The summed E-state index contributed by atoms with van der Waals surface area (Å²) in [4.78, 5) is 0. The standard InChI is InChI=1S/C22H26OSi/c1-24(21-8-4-2-5-9-21,22-10-6-3-7-11-22)23-15-14-20-17-18-12-13-19(20)16-18/h2-11,17-19H,12-16H2,1H3. The van der Waals surface area contributed by atoms with Crippen LogP contribution in [0.3, 0.4) is 0 Å². The van der Waals surface area contributed by atoms with Crippen LogP contribution in [0.25, 0.3) is 0 Å². The normalized spacial score (nSPS) is 22.6. The average Bonchev–Trinajstić information content (AvgIpc) is 3.26. The molecular formula is C22H26OSi. The molecule has 0 saturated heterocycles. The predicted octanol–water partition coefficient (Wildman–Crippen LogP) is 4.14. The molecule has 2 heteroatoms. The van der Waals surface area contributed by atoms with Crippen LogP contribution in [0.2, 0.25) is 6.55 Å². The highest BCUT2D eigenvalue weighted by Crippen LogP contribution is 2.44. The topological polar surface area (TPSA) is 9.23 Å². The molecule has 0 N–H and O–H groups in total. The number of fused-ring (bicyclic) bond motifs is 2. The molecule has 2 aromatic rings. The molecule has 124 valence electrons. The maximum Gasteiger partial charge on any atom is 0.252 e. The van der Waals surface area contributed by atoms with Crippen molar-refractivity contribution >= 4 is 18.7 Å². The predicted molar refractivity (Wildman–Crippen MR) is 103 cm³/mol. The van der Waals surface area contributed by atoms with Gasteiger partial charge in [0, 0.05) is 6.61 Å². The second-order valence-corrected chi connectivity index (χ2v) is 10.9. The average molecular weight is 335 g/mol. The van der Waals surface area contributed by atoms with Crippen molar-refractivity contribution in [2.75, 3.05) is 6.61 Å². The molecule has 0 radical (unpaired) electrons. The zero-order valence-electron chi connectivity index (χ0n) is 14.4. The Morgan fingerprint density at radius 2 is 1.54 bits per heavy atom. The molecule has 1 nitrogen and oxygen atoms in total. The third-order valence-electron chi connectivity index (χ3n) is 5.88. The number of benzene rings is 2. The lowest BCUT2D eigenvalue weighted by Gasteiger charge is -2.29. The Bertz CT molecular complexity index is 668. The summed E-state index contributed by atoms with van der Waals surface area (Å²) < 4.78 is 6.67. The fourth-order valence-corrected chi connectivity index (χ4v) is 7.28. The Morgan fingerprint density at radius 1 is 0.917 bits per heavy atom. The van der Waals surface area contributed by atoms with Crippen LogP contribution >= 0.6 is 0 Å². The van der Waals surface area contributed by atoms with Gasteiger partial charge in [0.2, 0.25) is 0 Å². The first-order valence-electron chi connectivity index (χ1n) is 9.21. The number of rotatable bonds is 6. The summed E-state index contributed by atoms with van der Waals surface area (Å²) in [6.45, 7) is 3.19.